The Morgan fingerprint density at radius 2 is 1.77 bits per heavy atom. The van der Waals surface area contributed by atoms with Crippen molar-refractivity contribution in [2.75, 3.05) is 46.5 Å². The molecule has 0 bridgehead atoms. The van der Waals surface area contributed by atoms with Crippen LogP contribution in [0.15, 0.2) is 53.5 Å². The van der Waals surface area contributed by atoms with E-state index in [1.165, 1.54) is 16.7 Å². The second kappa shape index (κ2) is 12.2. The average Bonchev–Trinajstić information content (AvgIpc) is 2.79. The molecule has 0 saturated carbocycles. The van der Waals surface area contributed by atoms with Crippen LogP contribution in [0.2, 0.25) is 0 Å². The maximum Gasteiger partial charge on any atom is 0.191 e. The van der Waals surface area contributed by atoms with Gasteiger partial charge in [-0.15, -0.1) is 0 Å². The van der Waals surface area contributed by atoms with E-state index in [4.69, 9.17) is 14.5 Å². The Hall–Kier alpha value is -2.57. The van der Waals surface area contributed by atoms with E-state index in [0.717, 1.165) is 64.1 Å². The van der Waals surface area contributed by atoms with Crippen LogP contribution in [-0.2, 0) is 24.2 Å². The van der Waals surface area contributed by atoms with Crippen LogP contribution < -0.4 is 15.4 Å². The first-order valence-electron chi connectivity index (χ1n) is 10.8. The van der Waals surface area contributed by atoms with Gasteiger partial charge < -0.3 is 20.1 Å². The number of hydrogen-bond acceptors (Lipinski definition) is 4. The Bertz CT molecular complexity index is 786. The van der Waals surface area contributed by atoms with E-state index in [0.29, 0.717) is 6.54 Å². The molecule has 2 aromatic rings. The summed E-state index contributed by atoms with van der Waals surface area (Å²) >= 11 is 0. The van der Waals surface area contributed by atoms with Crippen molar-refractivity contribution in [3.05, 3.63) is 65.2 Å². The van der Waals surface area contributed by atoms with Gasteiger partial charge in [0.05, 0.1) is 26.9 Å². The van der Waals surface area contributed by atoms with Gasteiger partial charge in [0.15, 0.2) is 5.96 Å². The van der Waals surface area contributed by atoms with Crippen molar-refractivity contribution in [3.63, 3.8) is 0 Å². The van der Waals surface area contributed by atoms with E-state index in [2.05, 4.69) is 52.8 Å². The molecule has 0 spiro atoms. The lowest BCUT2D eigenvalue weighted by atomic mass is 10.1. The van der Waals surface area contributed by atoms with Crippen LogP contribution in [-0.4, -0.2) is 57.4 Å². The van der Waals surface area contributed by atoms with E-state index in [-0.39, 0.29) is 0 Å². The Balaban J connectivity index is 1.49. The minimum Gasteiger partial charge on any atom is -0.496 e. The van der Waals surface area contributed by atoms with Crippen LogP contribution in [0.5, 0.6) is 5.75 Å². The molecule has 162 valence electrons. The maximum atomic E-state index is 5.43. The van der Waals surface area contributed by atoms with Crippen LogP contribution >= 0.6 is 0 Å². The van der Waals surface area contributed by atoms with Crippen molar-refractivity contribution >= 4 is 5.96 Å². The summed E-state index contributed by atoms with van der Waals surface area (Å²) in [7, 11) is 1.71. The normalized spacial score (nSPS) is 15.1. The molecule has 1 aliphatic rings. The molecule has 3 rings (SSSR count). The van der Waals surface area contributed by atoms with Gasteiger partial charge in [0.2, 0.25) is 0 Å². The number of methoxy groups -OCH3 is 1. The fraction of sp³-hybridized carbons (Fsp3) is 0.458. The van der Waals surface area contributed by atoms with Gasteiger partial charge in [0.1, 0.15) is 5.75 Å². The van der Waals surface area contributed by atoms with E-state index in [1.807, 2.05) is 18.2 Å². The molecule has 1 saturated heterocycles. The SMILES string of the molecule is CCNC(=NCc1ccc(CN2CCOCC2)cc1)NCCc1ccccc1OC. The van der Waals surface area contributed by atoms with Gasteiger partial charge >= 0.3 is 0 Å². The zero-order valence-electron chi connectivity index (χ0n) is 18.2. The third-order valence-electron chi connectivity index (χ3n) is 5.18. The summed E-state index contributed by atoms with van der Waals surface area (Å²) in [4.78, 5) is 7.18. The van der Waals surface area contributed by atoms with Crippen molar-refractivity contribution in [1.29, 1.82) is 0 Å². The lowest BCUT2D eigenvalue weighted by Gasteiger charge is -2.26. The summed E-state index contributed by atoms with van der Waals surface area (Å²) in [5, 5.41) is 6.74. The highest BCUT2D eigenvalue weighted by molar-refractivity contribution is 5.79. The fourth-order valence-electron chi connectivity index (χ4n) is 3.50. The molecule has 6 heteroatoms. The maximum absolute atomic E-state index is 5.43. The summed E-state index contributed by atoms with van der Waals surface area (Å²) in [6.45, 7) is 9.05. The summed E-state index contributed by atoms with van der Waals surface area (Å²) in [6.07, 6.45) is 0.880. The quantitative estimate of drug-likeness (QED) is 0.492. The Kier molecular flexibility index (Phi) is 9.00. The van der Waals surface area contributed by atoms with Gasteiger partial charge in [-0.1, -0.05) is 42.5 Å². The van der Waals surface area contributed by atoms with Crippen molar-refractivity contribution in [2.45, 2.75) is 26.4 Å². The number of aliphatic imine (C=N–C) groups is 1. The molecule has 6 nitrogen and oxygen atoms in total. The summed E-state index contributed by atoms with van der Waals surface area (Å²) in [5.74, 6) is 1.77. The van der Waals surface area contributed by atoms with Crippen LogP contribution in [0.4, 0.5) is 0 Å². The van der Waals surface area contributed by atoms with Gasteiger partial charge in [-0.3, -0.25) is 4.90 Å². The molecule has 30 heavy (non-hydrogen) atoms. The number of guanidine groups is 1. The number of hydrogen-bond donors (Lipinski definition) is 2. The van der Waals surface area contributed by atoms with Crippen LogP contribution in [0.3, 0.4) is 0 Å². The third-order valence-corrected chi connectivity index (χ3v) is 5.18. The highest BCUT2D eigenvalue weighted by Gasteiger charge is 2.10. The largest absolute Gasteiger partial charge is 0.496 e. The number of ether oxygens (including phenoxy) is 2. The molecule has 0 aliphatic carbocycles. The van der Waals surface area contributed by atoms with Gasteiger partial charge in [0, 0.05) is 32.7 Å². The molecule has 0 radical (unpaired) electrons. The molecular weight excluding hydrogens is 376 g/mol. The standard InChI is InChI=1S/C24H34N4O2/c1-3-25-24(26-13-12-22-6-4-5-7-23(22)29-2)27-18-20-8-10-21(11-9-20)19-28-14-16-30-17-15-28/h4-11H,3,12-19H2,1-2H3,(H2,25,26,27). The van der Waals surface area contributed by atoms with Crippen molar-refractivity contribution in [3.8, 4) is 5.75 Å². The Morgan fingerprint density at radius 3 is 2.50 bits per heavy atom. The zero-order valence-corrected chi connectivity index (χ0v) is 18.2. The summed E-state index contributed by atoms with van der Waals surface area (Å²) in [6, 6.07) is 16.9. The molecule has 1 fully saturated rings. The molecular formula is C24H34N4O2. The topological polar surface area (TPSA) is 58.1 Å². The fourth-order valence-corrected chi connectivity index (χ4v) is 3.50. The van der Waals surface area contributed by atoms with Crippen LogP contribution in [0.25, 0.3) is 0 Å². The number of benzene rings is 2. The average molecular weight is 411 g/mol. The minimum absolute atomic E-state index is 0.655. The van der Waals surface area contributed by atoms with E-state index in [9.17, 15) is 0 Å². The van der Waals surface area contributed by atoms with Crippen LogP contribution in [0, 0.1) is 0 Å². The molecule has 1 heterocycles. The van der Waals surface area contributed by atoms with E-state index >= 15 is 0 Å². The smallest absolute Gasteiger partial charge is 0.191 e. The van der Waals surface area contributed by atoms with Crippen molar-refractivity contribution < 1.29 is 9.47 Å². The van der Waals surface area contributed by atoms with Gasteiger partial charge in [-0.2, -0.15) is 0 Å². The van der Waals surface area contributed by atoms with Crippen molar-refractivity contribution in [1.82, 2.24) is 15.5 Å². The Morgan fingerprint density at radius 1 is 1.03 bits per heavy atom. The lowest BCUT2D eigenvalue weighted by molar-refractivity contribution is 0.0342. The van der Waals surface area contributed by atoms with Crippen molar-refractivity contribution in [2.24, 2.45) is 4.99 Å². The third kappa shape index (κ3) is 7.04. The molecule has 0 unspecified atom stereocenters. The first-order chi connectivity index (χ1) is 14.8. The first-order valence-corrected chi connectivity index (χ1v) is 10.8. The second-order valence-corrected chi connectivity index (χ2v) is 7.39. The van der Waals surface area contributed by atoms with Gasteiger partial charge in [0.25, 0.3) is 0 Å². The lowest BCUT2D eigenvalue weighted by Crippen LogP contribution is -2.38. The first kappa shape index (κ1) is 22.1. The number of morpholine rings is 1. The number of nitrogens with zero attached hydrogens (tertiary/aromatic N) is 2. The summed E-state index contributed by atoms with van der Waals surface area (Å²) < 4.78 is 10.9. The molecule has 1 aliphatic heterocycles. The number of nitrogens with one attached hydrogen (secondary N) is 2. The highest BCUT2D eigenvalue weighted by Crippen LogP contribution is 2.17. The van der Waals surface area contributed by atoms with Gasteiger partial charge in [-0.25, -0.2) is 4.99 Å². The molecule has 0 amide bonds. The number of rotatable bonds is 9. The molecule has 0 aromatic heterocycles. The highest BCUT2D eigenvalue weighted by atomic mass is 16.5. The van der Waals surface area contributed by atoms with Crippen LogP contribution in [0.1, 0.15) is 23.6 Å². The molecule has 2 N–H and O–H groups in total. The van der Waals surface area contributed by atoms with E-state index in [1.54, 1.807) is 7.11 Å². The number of para-hydroxylation sites is 1. The predicted octanol–water partition coefficient (Wildman–Crippen LogP) is 2.83. The zero-order chi connectivity index (χ0) is 21.0. The second-order valence-electron chi connectivity index (χ2n) is 7.39. The van der Waals surface area contributed by atoms with Gasteiger partial charge in [-0.05, 0) is 36.1 Å². The Labute approximate surface area is 180 Å². The van der Waals surface area contributed by atoms with E-state index < -0.39 is 0 Å². The molecule has 0 atom stereocenters. The minimum atomic E-state index is 0.655. The predicted molar refractivity (Wildman–Crippen MR) is 122 cm³/mol. The monoisotopic (exact) mass is 410 g/mol. The molecule has 2 aromatic carbocycles. The summed E-state index contributed by atoms with van der Waals surface area (Å²) in [5.41, 5.74) is 3.74.